The van der Waals surface area contributed by atoms with E-state index < -0.39 is 4.92 Å². The number of pyridine rings is 1. The minimum Gasteiger partial charge on any atom is -0.464 e. The van der Waals surface area contributed by atoms with E-state index in [9.17, 15) is 10.1 Å². The fraction of sp³-hybridized carbons (Fsp3) is 0. The fourth-order valence-electron chi connectivity index (χ4n) is 1.95. The molecule has 94 valence electrons. The predicted molar refractivity (Wildman–Crippen MR) is 70.5 cm³/mol. The molecule has 0 saturated heterocycles. The maximum atomic E-state index is 10.9. The zero-order chi connectivity index (χ0) is 13.4. The summed E-state index contributed by atoms with van der Waals surface area (Å²) in [5.74, 6) is 0.393. The molecule has 0 radical (unpaired) electrons. The zero-order valence-corrected chi connectivity index (χ0v) is 9.74. The van der Waals surface area contributed by atoms with Crippen molar-refractivity contribution in [3.63, 3.8) is 0 Å². The molecule has 0 aliphatic rings. The smallest absolute Gasteiger partial charge is 0.270 e. The summed E-state index contributed by atoms with van der Waals surface area (Å²) in [5.41, 5.74) is 7.49. The SMILES string of the molecule is Nc1ccc(-c2cc([N+](=O)[O-])cc3ccoc23)cn1. The van der Waals surface area contributed by atoms with Gasteiger partial charge in [-0.05, 0) is 18.2 Å². The largest absolute Gasteiger partial charge is 0.464 e. The Hall–Kier alpha value is -2.89. The van der Waals surface area contributed by atoms with Crippen molar-refractivity contribution in [2.45, 2.75) is 0 Å². The first kappa shape index (κ1) is 11.2. The van der Waals surface area contributed by atoms with Crippen LogP contribution in [0.3, 0.4) is 0 Å². The number of non-ortho nitro benzene ring substituents is 1. The third-order valence-corrected chi connectivity index (χ3v) is 2.84. The molecule has 1 aromatic carbocycles. The molecule has 0 amide bonds. The Balaban J connectivity index is 2.29. The minimum atomic E-state index is -0.430. The monoisotopic (exact) mass is 255 g/mol. The number of rotatable bonds is 2. The van der Waals surface area contributed by atoms with E-state index >= 15 is 0 Å². The van der Waals surface area contributed by atoms with Gasteiger partial charge in [0.2, 0.25) is 0 Å². The quantitative estimate of drug-likeness (QED) is 0.561. The van der Waals surface area contributed by atoms with Crippen LogP contribution >= 0.6 is 0 Å². The van der Waals surface area contributed by atoms with Crippen molar-refractivity contribution >= 4 is 22.5 Å². The van der Waals surface area contributed by atoms with Crippen LogP contribution in [0, 0.1) is 10.1 Å². The minimum absolute atomic E-state index is 0.0146. The van der Waals surface area contributed by atoms with Gasteiger partial charge in [0.1, 0.15) is 11.4 Å². The molecule has 0 bridgehead atoms. The van der Waals surface area contributed by atoms with Crippen LogP contribution in [0.25, 0.3) is 22.1 Å². The molecule has 19 heavy (non-hydrogen) atoms. The van der Waals surface area contributed by atoms with Gasteiger partial charge in [-0.3, -0.25) is 10.1 Å². The van der Waals surface area contributed by atoms with Gasteiger partial charge in [-0.2, -0.15) is 0 Å². The van der Waals surface area contributed by atoms with E-state index in [1.165, 1.54) is 18.4 Å². The van der Waals surface area contributed by atoms with Crippen LogP contribution in [0.5, 0.6) is 0 Å². The van der Waals surface area contributed by atoms with E-state index in [0.717, 1.165) is 5.56 Å². The summed E-state index contributed by atoms with van der Waals surface area (Å²) < 4.78 is 5.39. The lowest BCUT2D eigenvalue weighted by atomic mass is 10.0. The lowest BCUT2D eigenvalue weighted by Crippen LogP contribution is -1.91. The third-order valence-electron chi connectivity index (χ3n) is 2.84. The van der Waals surface area contributed by atoms with E-state index in [1.807, 2.05) is 0 Å². The molecule has 0 aliphatic carbocycles. The molecule has 2 N–H and O–H groups in total. The Morgan fingerprint density at radius 2 is 2.11 bits per heavy atom. The fourth-order valence-corrected chi connectivity index (χ4v) is 1.95. The van der Waals surface area contributed by atoms with E-state index in [0.29, 0.717) is 22.4 Å². The number of nitro benzene ring substituents is 1. The average molecular weight is 255 g/mol. The van der Waals surface area contributed by atoms with Crippen molar-refractivity contribution in [3.8, 4) is 11.1 Å². The van der Waals surface area contributed by atoms with Crippen LogP contribution in [0.2, 0.25) is 0 Å². The second-order valence-electron chi connectivity index (χ2n) is 4.06. The van der Waals surface area contributed by atoms with Crippen molar-refractivity contribution in [2.24, 2.45) is 0 Å². The lowest BCUT2D eigenvalue weighted by Gasteiger charge is -2.03. The van der Waals surface area contributed by atoms with Crippen molar-refractivity contribution in [1.29, 1.82) is 0 Å². The first-order chi connectivity index (χ1) is 9.15. The average Bonchev–Trinajstić information content (AvgIpc) is 2.86. The van der Waals surface area contributed by atoms with E-state index in [1.54, 1.807) is 24.4 Å². The molecular formula is C13H9N3O3. The molecule has 3 rings (SSSR count). The molecule has 6 nitrogen and oxygen atoms in total. The van der Waals surface area contributed by atoms with Gasteiger partial charge in [-0.25, -0.2) is 4.98 Å². The molecule has 2 aromatic heterocycles. The topological polar surface area (TPSA) is 95.2 Å². The van der Waals surface area contributed by atoms with Crippen LogP contribution in [-0.2, 0) is 0 Å². The second kappa shape index (κ2) is 4.09. The number of hydrogen-bond acceptors (Lipinski definition) is 5. The van der Waals surface area contributed by atoms with Gasteiger partial charge >= 0.3 is 0 Å². The number of benzene rings is 1. The number of hydrogen-bond donors (Lipinski definition) is 1. The Bertz CT molecular complexity index is 762. The summed E-state index contributed by atoms with van der Waals surface area (Å²) in [6.45, 7) is 0. The maximum absolute atomic E-state index is 10.9. The summed E-state index contributed by atoms with van der Waals surface area (Å²) in [4.78, 5) is 14.5. The van der Waals surface area contributed by atoms with Crippen LogP contribution in [0.15, 0.2) is 47.2 Å². The van der Waals surface area contributed by atoms with Crippen LogP contribution in [0.4, 0.5) is 11.5 Å². The van der Waals surface area contributed by atoms with Gasteiger partial charge in [0.05, 0.1) is 11.2 Å². The number of nitrogens with two attached hydrogens (primary N) is 1. The highest BCUT2D eigenvalue weighted by Gasteiger charge is 2.15. The van der Waals surface area contributed by atoms with Gasteiger partial charge in [0, 0.05) is 34.8 Å². The zero-order valence-electron chi connectivity index (χ0n) is 9.74. The van der Waals surface area contributed by atoms with Crippen LogP contribution in [0.1, 0.15) is 0 Å². The molecule has 0 unspecified atom stereocenters. The number of nitro groups is 1. The normalized spacial score (nSPS) is 10.7. The highest BCUT2D eigenvalue weighted by Crippen LogP contribution is 2.33. The number of anilines is 1. The van der Waals surface area contributed by atoms with Crippen molar-refractivity contribution in [3.05, 3.63) is 52.9 Å². The van der Waals surface area contributed by atoms with E-state index in [4.69, 9.17) is 10.2 Å². The number of aromatic nitrogens is 1. The first-order valence-electron chi connectivity index (χ1n) is 5.53. The molecule has 0 atom stereocenters. The number of nitrogen functional groups attached to an aromatic ring is 1. The highest BCUT2D eigenvalue weighted by atomic mass is 16.6. The molecule has 0 spiro atoms. The van der Waals surface area contributed by atoms with Crippen molar-refractivity contribution in [1.82, 2.24) is 4.98 Å². The molecule has 3 aromatic rings. The number of furan rings is 1. The summed E-state index contributed by atoms with van der Waals surface area (Å²) in [7, 11) is 0. The van der Waals surface area contributed by atoms with Gasteiger partial charge in [0.25, 0.3) is 5.69 Å². The summed E-state index contributed by atoms with van der Waals surface area (Å²) >= 11 is 0. The Morgan fingerprint density at radius 3 is 2.79 bits per heavy atom. The van der Waals surface area contributed by atoms with Crippen molar-refractivity contribution in [2.75, 3.05) is 5.73 Å². The Morgan fingerprint density at radius 1 is 1.26 bits per heavy atom. The molecule has 2 heterocycles. The third kappa shape index (κ3) is 1.89. The molecular weight excluding hydrogens is 246 g/mol. The molecule has 0 fully saturated rings. The highest BCUT2D eigenvalue weighted by molar-refractivity contribution is 5.94. The Labute approximate surface area is 107 Å². The maximum Gasteiger partial charge on any atom is 0.270 e. The van der Waals surface area contributed by atoms with Crippen LogP contribution < -0.4 is 5.73 Å². The predicted octanol–water partition coefficient (Wildman–Crippen LogP) is 2.99. The van der Waals surface area contributed by atoms with E-state index in [-0.39, 0.29) is 5.69 Å². The summed E-state index contributed by atoms with van der Waals surface area (Å²) in [6.07, 6.45) is 3.07. The van der Waals surface area contributed by atoms with Crippen molar-refractivity contribution < 1.29 is 9.34 Å². The number of nitrogens with zero attached hydrogens (tertiary/aromatic N) is 2. The summed E-state index contributed by atoms with van der Waals surface area (Å²) in [5, 5.41) is 11.6. The van der Waals surface area contributed by atoms with E-state index in [2.05, 4.69) is 4.98 Å². The van der Waals surface area contributed by atoms with Gasteiger partial charge in [-0.15, -0.1) is 0 Å². The number of fused-ring (bicyclic) bond motifs is 1. The molecule has 6 heteroatoms. The van der Waals surface area contributed by atoms with Crippen LogP contribution in [-0.4, -0.2) is 9.91 Å². The second-order valence-corrected chi connectivity index (χ2v) is 4.06. The van der Waals surface area contributed by atoms with Gasteiger partial charge in [-0.1, -0.05) is 0 Å². The molecule has 0 aliphatic heterocycles. The lowest BCUT2D eigenvalue weighted by molar-refractivity contribution is -0.384. The van der Waals surface area contributed by atoms with Gasteiger partial charge in [0.15, 0.2) is 0 Å². The Kier molecular flexibility index (Phi) is 2.42. The molecule has 0 saturated carbocycles. The summed E-state index contributed by atoms with van der Waals surface area (Å²) in [6, 6.07) is 8.04. The van der Waals surface area contributed by atoms with Gasteiger partial charge < -0.3 is 10.2 Å². The first-order valence-corrected chi connectivity index (χ1v) is 5.53. The standard InChI is InChI=1S/C13H9N3O3/c14-12-2-1-9(7-15-12)11-6-10(16(17)18)5-8-3-4-19-13(8)11/h1-7H,(H2,14,15).